The third kappa shape index (κ3) is 3.61. The minimum Gasteiger partial charge on any atom is -0.439 e. The van der Waals surface area contributed by atoms with Gasteiger partial charge in [0.25, 0.3) is 0 Å². The first-order valence-electron chi connectivity index (χ1n) is 6.26. The van der Waals surface area contributed by atoms with E-state index in [1.807, 2.05) is 0 Å². The van der Waals surface area contributed by atoms with Crippen molar-refractivity contribution < 1.29 is 17.9 Å². The molecule has 116 valence electrons. The third-order valence-corrected chi connectivity index (χ3v) is 4.35. The molecule has 0 radical (unpaired) electrons. The smallest absolute Gasteiger partial charge is 0.227 e. The fourth-order valence-corrected chi connectivity index (χ4v) is 2.68. The van der Waals surface area contributed by atoms with Crippen LogP contribution < -0.4 is 4.74 Å². The van der Waals surface area contributed by atoms with Crippen LogP contribution in [0.25, 0.3) is 0 Å². The lowest BCUT2D eigenvalue weighted by Gasteiger charge is -2.12. The Morgan fingerprint density at radius 1 is 1.23 bits per heavy atom. The van der Waals surface area contributed by atoms with Crippen LogP contribution in [0.4, 0.5) is 0 Å². The minimum atomic E-state index is -3.27. The molecule has 0 saturated carbocycles. The molecule has 0 bridgehead atoms. The van der Waals surface area contributed by atoms with Crippen molar-refractivity contribution in [1.29, 1.82) is 0 Å². The van der Waals surface area contributed by atoms with Gasteiger partial charge in [-0.2, -0.15) is 0 Å². The highest BCUT2D eigenvalue weighted by atomic mass is 35.5. The second-order valence-electron chi connectivity index (χ2n) is 4.65. The van der Waals surface area contributed by atoms with Crippen molar-refractivity contribution in [2.75, 3.05) is 6.26 Å². The predicted octanol–water partition coefficient (Wildman–Crippen LogP) is 2.63. The highest BCUT2D eigenvalue weighted by Gasteiger charge is 2.18. The van der Waals surface area contributed by atoms with Gasteiger partial charge in [-0.3, -0.25) is 0 Å². The normalized spacial score (nSPS) is 12.7. The van der Waals surface area contributed by atoms with Gasteiger partial charge in [-0.15, -0.1) is 0 Å². The second-order valence-corrected chi connectivity index (χ2v) is 7.03. The molecule has 2 aromatic rings. The standard InChI is InChI=1S/C14H13ClN2O4S/c1-9(7-18)12-13(15)16-8-17-14(12)21-10-3-5-11(6-4-10)22(2,19)20/h3-9H,1-2H3. The average Bonchev–Trinajstić information content (AvgIpc) is 2.46. The lowest BCUT2D eigenvalue weighted by Crippen LogP contribution is -2.03. The minimum absolute atomic E-state index is 0.136. The van der Waals surface area contributed by atoms with Gasteiger partial charge in [0, 0.05) is 12.2 Å². The molecule has 0 aliphatic rings. The van der Waals surface area contributed by atoms with Gasteiger partial charge < -0.3 is 9.53 Å². The summed E-state index contributed by atoms with van der Waals surface area (Å²) in [7, 11) is -3.27. The molecular formula is C14H13ClN2O4S. The van der Waals surface area contributed by atoms with E-state index in [-0.39, 0.29) is 15.9 Å². The molecule has 0 N–H and O–H groups in total. The summed E-state index contributed by atoms with van der Waals surface area (Å²) in [4.78, 5) is 19.0. The number of aldehydes is 1. The van der Waals surface area contributed by atoms with Crippen LogP contribution in [0.1, 0.15) is 18.4 Å². The van der Waals surface area contributed by atoms with E-state index in [0.29, 0.717) is 17.6 Å². The van der Waals surface area contributed by atoms with Crippen LogP contribution in [0.15, 0.2) is 35.5 Å². The van der Waals surface area contributed by atoms with Crippen LogP contribution in [-0.2, 0) is 14.6 Å². The molecule has 1 aromatic carbocycles. The third-order valence-electron chi connectivity index (χ3n) is 2.92. The van der Waals surface area contributed by atoms with Crippen LogP contribution in [0, 0.1) is 0 Å². The molecule has 0 spiro atoms. The summed E-state index contributed by atoms with van der Waals surface area (Å²) in [5, 5.41) is 0.136. The van der Waals surface area contributed by atoms with Gasteiger partial charge in [-0.05, 0) is 24.3 Å². The zero-order valence-electron chi connectivity index (χ0n) is 11.9. The number of halogens is 1. The van der Waals surface area contributed by atoms with Crippen molar-refractivity contribution in [1.82, 2.24) is 9.97 Å². The van der Waals surface area contributed by atoms with E-state index in [9.17, 15) is 13.2 Å². The fraction of sp³-hybridized carbons (Fsp3) is 0.214. The van der Waals surface area contributed by atoms with Gasteiger partial charge in [-0.25, -0.2) is 18.4 Å². The highest BCUT2D eigenvalue weighted by molar-refractivity contribution is 7.90. The molecule has 0 aliphatic heterocycles. The number of ether oxygens (including phenoxy) is 1. The Balaban J connectivity index is 2.35. The lowest BCUT2D eigenvalue weighted by molar-refractivity contribution is -0.108. The Labute approximate surface area is 133 Å². The molecule has 6 nitrogen and oxygen atoms in total. The molecule has 8 heteroatoms. The zero-order chi connectivity index (χ0) is 16.3. The molecule has 0 amide bonds. The SMILES string of the molecule is CC(C=O)c1c(Cl)ncnc1Oc1ccc(S(C)(=O)=O)cc1. The van der Waals surface area contributed by atoms with E-state index in [0.717, 1.165) is 6.26 Å². The zero-order valence-corrected chi connectivity index (χ0v) is 13.4. The van der Waals surface area contributed by atoms with E-state index in [4.69, 9.17) is 16.3 Å². The first-order valence-corrected chi connectivity index (χ1v) is 8.53. The van der Waals surface area contributed by atoms with E-state index in [1.54, 1.807) is 6.92 Å². The largest absolute Gasteiger partial charge is 0.439 e. The summed E-state index contributed by atoms with van der Waals surface area (Å²) < 4.78 is 28.4. The van der Waals surface area contributed by atoms with E-state index >= 15 is 0 Å². The van der Waals surface area contributed by atoms with Gasteiger partial charge >= 0.3 is 0 Å². The maximum atomic E-state index is 11.4. The van der Waals surface area contributed by atoms with Crippen LogP contribution in [-0.4, -0.2) is 30.9 Å². The number of sulfone groups is 1. The highest BCUT2D eigenvalue weighted by Crippen LogP contribution is 2.32. The fourth-order valence-electron chi connectivity index (χ4n) is 1.76. The van der Waals surface area contributed by atoms with Crippen LogP contribution >= 0.6 is 11.6 Å². The maximum Gasteiger partial charge on any atom is 0.227 e. The van der Waals surface area contributed by atoms with E-state index < -0.39 is 15.8 Å². The van der Waals surface area contributed by atoms with Crippen molar-refractivity contribution in [2.24, 2.45) is 0 Å². The molecule has 0 aliphatic carbocycles. The number of rotatable bonds is 5. The first kappa shape index (κ1) is 16.4. The molecule has 1 aromatic heterocycles. The quantitative estimate of drug-likeness (QED) is 0.614. The number of carbonyl (C=O) groups is 1. The van der Waals surface area contributed by atoms with Crippen LogP contribution in [0.3, 0.4) is 0 Å². The van der Waals surface area contributed by atoms with Crippen LogP contribution in [0.2, 0.25) is 5.15 Å². The summed E-state index contributed by atoms with van der Waals surface area (Å²) in [6.45, 7) is 1.65. The molecular weight excluding hydrogens is 328 g/mol. The number of carbonyl (C=O) groups excluding carboxylic acids is 1. The number of benzene rings is 1. The second kappa shape index (κ2) is 6.41. The van der Waals surface area contributed by atoms with Gasteiger partial charge in [0.1, 0.15) is 23.5 Å². The van der Waals surface area contributed by atoms with Gasteiger partial charge in [-0.1, -0.05) is 18.5 Å². The molecule has 22 heavy (non-hydrogen) atoms. The molecule has 2 rings (SSSR count). The average molecular weight is 341 g/mol. The summed E-state index contributed by atoms with van der Waals surface area (Å²) in [6.07, 6.45) is 3.06. The molecule has 1 heterocycles. The van der Waals surface area contributed by atoms with Crippen molar-refractivity contribution in [3.8, 4) is 11.6 Å². The van der Waals surface area contributed by atoms with Gasteiger partial charge in [0.05, 0.1) is 10.5 Å². The summed E-state index contributed by atoms with van der Waals surface area (Å²) in [5.74, 6) is 0.00668. The molecule has 0 saturated heterocycles. The first-order chi connectivity index (χ1) is 10.3. The van der Waals surface area contributed by atoms with Crippen molar-refractivity contribution >= 4 is 27.7 Å². The van der Waals surface area contributed by atoms with Gasteiger partial charge in [0.15, 0.2) is 9.84 Å². The van der Waals surface area contributed by atoms with E-state index in [2.05, 4.69) is 9.97 Å². The Hall–Kier alpha value is -1.99. The number of nitrogens with zero attached hydrogens (tertiary/aromatic N) is 2. The Morgan fingerprint density at radius 2 is 1.86 bits per heavy atom. The van der Waals surface area contributed by atoms with E-state index in [1.165, 1.54) is 30.6 Å². The van der Waals surface area contributed by atoms with Crippen molar-refractivity contribution in [3.05, 3.63) is 41.3 Å². The van der Waals surface area contributed by atoms with Crippen molar-refractivity contribution in [2.45, 2.75) is 17.7 Å². The maximum absolute atomic E-state index is 11.4. The Kier molecular flexibility index (Phi) is 4.77. The Bertz CT molecular complexity index is 791. The summed E-state index contributed by atoms with van der Waals surface area (Å²) >= 11 is 5.99. The van der Waals surface area contributed by atoms with Crippen molar-refractivity contribution in [3.63, 3.8) is 0 Å². The number of aromatic nitrogens is 2. The molecule has 1 unspecified atom stereocenters. The lowest BCUT2D eigenvalue weighted by atomic mass is 10.1. The topological polar surface area (TPSA) is 86.2 Å². The number of hydrogen-bond donors (Lipinski definition) is 0. The molecule has 1 atom stereocenters. The van der Waals surface area contributed by atoms with Crippen LogP contribution in [0.5, 0.6) is 11.6 Å². The molecule has 0 fully saturated rings. The van der Waals surface area contributed by atoms with Gasteiger partial charge in [0.2, 0.25) is 5.88 Å². The monoisotopic (exact) mass is 340 g/mol. The number of hydrogen-bond acceptors (Lipinski definition) is 6. The summed E-state index contributed by atoms with van der Waals surface area (Å²) in [6, 6.07) is 5.86. The predicted molar refractivity (Wildman–Crippen MR) is 81.1 cm³/mol. The Morgan fingerprint density at radius 3 is 2.41 bits per heavy atom. The summed E-state index contributed by atoms with van der Waals surface area (Å²) in [5.41, 5.74) is 0.381.